The number of aromatic nitrogens is 2. The topological polar surface area (TPSA) is 93.1 Å². The zero-order valence-electron chi connectivity index (χ0n) is 16.1. The Morgan fingerprint density at radius 3 is 2.28 bits per heavy atom. The van der Waals surface area contributed by atoms with E-state index in [1.165, 1.54) is 6.07 Å². The van der Waals surface area contributed by atoms with E-state index in [4.69, 9.17) is 0 Å². The van der Waals surface area contributed by atoms with E-state index < -0.39 is 17.6 Å². The predicted octanol–water partition coefficient (Wildman–Crippen LogP) is 3.25. The van der Waals surface area contributed by atoms with Gasteiger partial charge < -0.3 is 15.2 Å². The van der Waals surface area contributed by atoms with Gasteiger partial charge in [-0.25, -0.2) is 4.98 Å². The molecule has 0 saturated heterocycles. The number of Topliss-reactive ketones (excluding diaryl/α,β-unsaturated/α-hetero) is 1. The smallest absolute Gasteiger partial charge is 0.296 e. The molecule has 0 aliphatic rings. The molecule has 8 heteroatoms. The minimum absolute atomic E-state index is 0.151. The van der Waals surface area contributed by atoms with Gasteiger partial charge in [0.15, 0.2) is 0 Å². The van der Waals surface area contributed by atoms with Gasteiger partial charge in [0.1, 0.15) is 5.69 Å². The van der Waals surface area contributed by atoms with Crippen LogP contribution >= 0.6 is 0 Å². The summed E-state index contributed by atoms with van der Waals surface area (Å²) in [6.45, 7) is 3.28. The molecule has 0 unspecified atom stereocenters. The Morgan fingerprint density at radius 1 is 0.966 bits per heavy atom. The molecule has 3 aromatic rings. The van der Waals surface area contributed by atoms with Crippen LogP contribution in [0.15, 0.2) is 48.7 Å². The highest BCUT2D eigenvalue weighted by molar-refractivity contribution is 6.47. The van der Waals surface area contributed by atoms with E-state index in [1.54, 1.807) is 49.7 Å². The number of hydrogen-bond acceptors (Lipinski definition) is 4. The van der Waals surface area contributed by atoms with Gasteiger partial charge in [-0.05, 0) is 43.7 Å². The van der Waals surface area contributed by atoms with Crippen molar-refractivity contribution in [2.75, 3.05) is 10.6 Å². The molecule has 0 fully saturated rings. The van der Waals surface area contributed by atoms with Crippen LogP contribution in [-0.4, -0.2) is 27.1 Å². The second kappa shape index (κ2) is 8.05. The molecule has 0 spiro atoms. The number of nitrogens with one attached hydrogen (secondary N) is 2. The molecule has 0 radical (unpaired) electrons. The van der Waals surface area contributed by atoms with Crippen LogP contribution in [-0.2, 0) is 11.8 Å². The molecule has 29 heavy (non-hydrogen) atoms. The third-order valence-corrected chi connectivity index (χ3v) is 4.60. The van der Waals surface area contributed by atoms with Gasteiger partial charge in [-0.1, -0.05) is 18.2 Å². The Labute approximate surface area is 166 Å². The van der Waals surface area contributed by atoms with Crippen molar-refractivity contribution in [3.63, 3.8) is 0 Å². The van der Waals surface area contributed by atoms with E-state index in [0.717, 1.165) is 12.3 Å². The molecule has 0 bridgehead atoms. The number of hydrogen-bond donors (Lipinski definition) is 2. The second-order valence-corrected chi connectivity index (χ2v) is 6.47. The largest absolute Gasteiger partial charge is 0.343 e. The van der Waals surface area contributed by atoms with E-state index in [2.05, 4.69) is 15.6 Å². The summed E-state index contributed by atoms with van der Waals surface area (Å²) in [5, 5.41) is 5.17. The summed E-state index contributed by atoms with van der Waals surface area (Å²) in [6, 6.07) is 11.3. The highest BCUT2D eigenvalue weighted by Gasteiger charge is 2.28. The Hall–Kier alpha value is -3.81. The van der Waals surface area contributed by atoms with Gasteiger partial charge >= 0.3 is 0 Å². The van der Waals surface area contributed by atoms with Gasteiger partial charge in [0, 0.05) is 18.4 Å². The predicted molar refractivity (Wildman–Crippen MR) is 106 cm³/mol. The Morgan fingerprint density at radius 2 is 1.66 bits per heavy atom. The number of carbonyl (C=O) groups excluding carboxylic acids is 3. The van der Waals surface area contributed by atoms with E-state index >= 15 is 0 Å². The number of pyridine rings is 1. The van der Waals surface area contributed by atoms with Gasteiger partial charge in [-0.2, -0.15) is 4.39 Å². The number of ketones is 1. The first-order valence-electron chi connectivity index (χ1n) is 8.79. The van der Waals surface area contributed by atoms with E-state index in [1.807, 2.05) is 6.07 Å². The summed E-state index contributed by atoms with van der Waals surface area (Å²) in [6.07, 6.45) is 1.12. The molecule has 0 atom stereocenters. The molecule has 2 N–H and O–H groups in total. The summed E-state index contributed by atoms with van der Waals surface area (Å²) in [7, 11) is 1.65. The van der Waals surface area contributed by atoms with Crippen LogP contribution in [0.3, 0.4) is 0 Å². The lowest BCUT2D eigenvalue weighted by Crippen LogP contribution is -2.24. The standard InChI is InChI=1S/C21H19FN4O3/c1-12-17(19(27)21(29)25-15-9-10-16(22)23-11-15)13(2)26(3)18(12)20(28)24-14-7-5-4-6-8-14/h4-11H,1-3H3,(H,24,28)(H,25,29). The highest BCUT2D eigenvalue weighted by Crippen LogP contribution is 2.23. The zero-order chi connectivity index (χ0) is 21.1. The maximum absolute atomic E-state index is 12.9. The lowest BCUT2D eigenvalue weighted by molar-refractivity contribution is -0.112. The van der Waals surface area contributed by atoms with Crippen molar-refractivity contribution in [2.24, 2.45) is 7.05 Å². The minimum atomic E-state index is -0.898. The molecule has 0 saturated carbocycles. The van der Waals surface area contributed by atoms with Crippen molar-refractivity contribution in [3.05, 3.63) is 77.1 Å². The van der Waals surface area contributed by atoms with Gasteiger partial charge in [-0.3, -0.25) is 14.4 Å². The van der Waals surface area contributed by atoms with Crippen molar-refractivity contribution >= 4 is 29.0 Å². The molecule has 1 aromatic carbocycles. The fourth-order valence-electron chi connectivity index (χ4n) is 3.10. The molecule has 0 aliphatic heterocycles. The zero-order valence-corrected chi connectivity index (χ0v) is 16.1. The van der Waals surface area contributed by atoms with Crippen LogP contribution in [0, 0.1) is 19.8 Å². The average molecular weight is 394 g/mol. The van der Waals surface area contributed by atoms with Gasteiger partial charge in [0.2, 0.25) is 5.95 Å². The molecule has 2 heterocycles. The first-order valence-corrected chi connectivity index (χ1v) is 8.79. The molecule has 3 rings (SSSR count). The summed E-state index contributed by atoms with van der Waals surface area (Å²) in [4.78, 5) is 41.3. The first kappa shape index (κ1) is 19.9. The summed E-state index contributed by atoms with van der Waals surface area (Å²) < 4.78 is 14.5. The SMILES string of the molecule is Cc1c(C(=O)C(=O)Nc2ccc(F)nc2)c(C)n(C)c1C(=O)Nc1ccccc1. The molecule has 2 amide bonds. The third-order valence-electron chi connectivity index (χ3n) is 4.60. The van der Waals surface area contributed by atoms with Crippen LogP contribution < -0.4 is 10.6 Å². The van der Waals surface area contributed by atoms with Crippen molar-refractivity contribution in [2.45, 2.75) is 13.8 Å². The number of nitrogens with zero attached hydrogens (tertiary/aromatic N) is 2. The molecular formula is C21H19FN4O3. The highest BCUT2D eigenvalue weighted by atomic mass is 19.1. The Balaban J connectivity index is 1.87. The van der Waals surface area contributed by atoms with Gasteiger partial charge in [-0.15, -0.1) is 0 Å². The van der Waals surface area contributed by atoms with E-state index in [9.17, 15) is 18.8 Å². The van der Waals surface area contributed by atoms with Crippen LogP contribution in [0.25, 0.3) is 0 Å². The molecule has 7 nitrogen and oxygen atoms in total. The monoisotopic (exact) mass is 394 g/mol. The Kier molecular flexibility index (Phi) is 5.54. The van der Waals surface area contributed by atoms with Gasteiger partial charge in [0.25, 0.3) is 17.6 Å². The maximum atomic E-state index is 12.9. The van der Waals surface area contributed by atoms with Gasteiger partial charge in [0.05, 0.1) is 17.4 Å². The summed E-state index contributed by atoms with van der Waals surface area (Å²) >= 11 is 0. The number of carbonyl (C=O) groups is 3. The molecular weight excluding hydrogens is 375 g/mol. The van der Waals surface area contributed by atoms with Crippen LogP contribution in [0.1, 0.15) is 32.1 Å². The minimum Gasteiger partial charge on any atom is -0.343 e. The van der Waals surface area contributed by atoms with Crippen molar-refractivity contribution in [1.29, 1.82) is 0 Å². The quantitative estimate of drug-likeness (QED) is 0.395. The summed E-state index contributed by atoms with van der Waals surface area (Å²) in [5.74, 6) is -2.77. The van der Waals surface area contributed by atoms with E-state index in [0.29, 0.717) is 16.9 Å². The number of benzene rings is 1. The number of halogens is 1. The third kappa shape index (κ3) is 4.06. The molecule has 148 valence electrons. The van der Waals surface area contributed by atoms with Crippen LogP contribution in [0.4, 0.5) is 15.8 Å². The lowest BCUT2D eigenvalue weighted by Gasteiger charge is -2.08. The van der Waals surface area contributed by atoms with Crippen molar-refractivity contribution in [1.82, 2.24) is 9.55 Å². The fourth-order valence-corrected chi connectivity index (χ4v) is 3.10. The second-order valence-electron chi connectivity index (χ2n) is 6.47. The molecule has 2 aromatic heterocycles. The summed E-state index contributed by atoms with van der Waals surface area (Å²) in [5.41, 5.74) is 2.13. The van der Waals surface area contributed by atoms with E-state index in [-0.39, 0.29) is 22.9 Å². The Bertz CT molecular complexity index is 1090. The lowest BCUT2D eigenvalue weighted by atomic mass is 10.0. The number of para-hydroxylation sites is 1. The average Bonchev–Trinajstić information content (AvgIpc) is 2.92. The first-order chi connectivity index (χ1) is 13.8. The normalized spacial score (nSPS) is 10.5. The number of amides is 2. The molecule has 0 aliphatic carbocycles. The van der Waals surface area contributed by atoms with Crippen molar-refractivity contribution < 1.29 is 18.8 Å². The number of anilines is 2. The van der Waals surface area contributed by atoms with Crippen LogP contribution in [0.5, 0.6) is 0 Å². The maximum Gasteiger partial charge on any atom is 0.296 e. The fraction of sp³-hybridized carbons (Fsp3) is 0.143. The number of rotatable bonds is 5. The van der Waals surface area contributed by atoms with Crippen molar-refractivity contribution in [3.8, 4) is 0 Å². The van der Waals surface area contributed by atoms with Crippen LogP contribution in [0.2, 0.25) is 0 Å².